The molecule has 5 heteroatoms. The summed E-state index contributed by atoms with van der Waals surface area (Å²) in [6, 6.07) is 68.2. The lowest BCUT2D eigenvalue weighted by Gasteiger charge is -2.12. The summed E-state index contributed by atoms with van der Waals surface area (Å²) >= 11 is 0. The molecule has 0 atom stereocenters. The van der Waals surface area contributed by atoms with Crippen LogP contribution in [0.15, 0.2) is 199 Å². The summed E-state index contributed by atoms with van der Waals surface area (Å²) in [5, 5.41) is 6.86. The van der Waals surface area contributed by atoms with Gasteiger partial charge in [0.1, 0.15) is 11.2 Å². The number of para-hydroxylation sites is 3. The van der Waals surface area contributed by atoms with E-state index < -0.39 is 0 Å². The first-order chi connectivity index (χ1) is 28.3. The van der Waals surface area contributed by atoms with Crippen LogP contribution in [0, 0.1) is 0 Å². The van der Waals surface area contributed by atoms with Crippen LogP contribution in [0.4, 0.5) is 0 Å². The molecule has 0 fully saturated rings. The molecule has 4 aromatic heterocycles. The highest BCUT2D eigenvalue weighted by Gasteiger charge is 2.22. The number of nitrogens with zero attached hydrogens (tertiary/aromatic N) is 4. The third kappa shape index (κ3) is 4.89. The topological polar surface area (TPSA) is 48.8 Å². The zero-order valence-corrected chi connectivity index (χ0v) is 30.7. The minimum absolute atomic E-state index is 0.670. The lowest BCUT2D eigenvalue weighted by molar-refractivity contribution is 0.673. The third-order valence-corrected chi connectivity index (χ3v) is 11.3. The van der Waals surface area contributed by atoms with Crippen molar-refractivity contribution in [3.05, 3.63) is 194 Å². The molecule has 0 bridgehead atoms. The van der Waals surface area contributed by atoms with Gasteiger partial charge in [0.15, 0.2) is 5.82 Å². The van der Waals surface area contributed by atoms with E-state index in [9.17, 15) is 0 Å². The van der Waals surface area contributed by atoms with Gasteiger partial charge in [0.25, 0.3) is 0 Å². The van der Waals surface area contributed by atoms with E-state index in [1.807, 2.05) is 18.2 Å². The lowest BCUT2D eigenvalue weighted by atomic mass is 10.1. The number of furan rings is 1. The van der Waals surface area contributed by atoms with E-state index in [0.717, 1.165) is 88.7 Å². The van der Waals surface area contributed by atoms with E-state index >= 15 is 0 Å². The second kappa shape index (κ2) is 12.4. The molecule has 12 aromatic rings. The van der Waals surface area contributed by atoms with Crippen molar-refractivity contribution in [1.82, 2.24) is 19.1 Å². The van der Waals surface area contributed by atoms with Crippen LogP contribution in [0.3, 0.4) is 0 Å². The van der Waals surface area contributed by atoms with Crippen LogP contribution in [-0.4, -0.2) is 19.1 Å². The first-order valence-corrected chi connectivity index (χ1v) is 19.2. The Morgan fingerprint density at radius 3 is 1.70 bits per heavy atom. The van der Waals surface area contributed by atoms with Gasteiger partial charge in [-0.3, -0.25) is 0 Å². The molecule has 0 aliphatic carbocycles. The maximum absolute atomic E-state index is 6.76. The third-order valence-electron chi connectivity index (χ3n) is 11.3. The maximum Gasteiger partial charge on any atom is 0.160 e. The van der Waals surface area contributed by atoms with Crippen molar-refractivity contribution < 1.29 is 4.42 Å². The second-order valence-corrected chi connectivity index (χ2v) is 14.6. The normalized spacial score (nSPS) is 11.9. The quantitative estimate of drug-likeness (QED) is 0.177. The second-order valence-electron chi connectivity index (χ2n) is 14.6. The molecule has 0 saturated carbocycles. The van der Waals surface area contributed by atoms with Crippen molar-refractivity contribution in [2.24, 2.45) is 0 Å². The largest absolute Gasteiger partial charge is 0.455 e. The average molecular weight is 729 g/mol. The summed E-state index contributed by atoms with van der Waals surface area (Å²) in [4.78, 5) is 10.4. The maximum atomic E-state index is 6.76. The molecule has 0 radical (unpaired) electrons. The van der Waals surface area contributed by atoms with Gasteiger partial charge in [-0.15, -0.1) is 0 Å². The van der Waals surface area contributed by atoms with Crippen molar-refractivity contribution in [3.63, 3.8) is 0 Å². The summed E-state index contributed by atoms with van der Waals surface area (Å²) in [7, 11) is 0. The number of hydrogen-bond donors (Lipinski definition) is 0. The average Bonchev–Trinajstić information content (AvgIpc) is 3.93. The molecule has 0 aliphatic heterocycles. The monoisotopic (exact) mass is 728 g/mol. The molecule has 0 amide bonds. The molecule has 266 valence electrons. The standard InChI is InChI=1S/C52H32N4O/c1-4-15-33(16-5-1)43-31-44(34-17-6-2-7-18-34)54-52(53-43)35-19-14-22-37(29-35)56-46-28-27-40-39-24-11-13-26-49(39)57-51(40)50(46)42-30-41-38-23-10-12-25-45(38)55(47(41)32-48(42)56)36-20-8-3-9-21-36/h1-32H. The summed E-state index contributed by atoms with van der Waals surface area (Å²) in [6.45, 7) is 0. The number of fused-ring (bicyclic) bond motifs is 10. The molecule has 0 saturated heterocycles. The lowest BCUT2D eigenvalue weighted by Crippen LogP contribution is -1.98. The predicted molar refractivity (Wildman–Crippen MR) is 234 cm³/mol. The molecule has 0 N–H and O–H groups in total. The van der Waals surface area contributed by atoms with Crippen molar-refractivity contribution in [3.8, 4) is 45.3 Å². The minimum atomic E-state index is 0.670. The molecule has 0 aliphatic rings. The van der Waals surface area contributed by atoms with Gasteiger partial charge in [0.2, 0.25) is 0 Å². The van der Waals surface area contributed by atoms with Crippen LogP contribution in [0.25, 0.3) is 111 Å². The molecule has 8 aromatic carbocycles. The highest BCUT2D eigenvalue weighted by Crippen LogP contribution is 2.44. The van der Waals surface area contributed by atoms with Gasteiger partial charge in [-0.1, -0.05) is 127 Å². The van der Waals surface area contributed by atoms with E-state index in [0.29, 0.717) is 5.82 Å². The molecule has 0 unspecified atom stereocenters. The molecule has 12 rings (SSSR count). The Labute approximate surface area is 327 Å². The van der Waals surface area contributed by atoms with Gasteiger partial charge >= 0.3 is 0 Å². The van der Waals surface area contributed by atoms with Crippen LogP contribution in [0.5, 0.6) is 0 Å². The number of benzene rings is 8. The van der Waals surface area contributed by atoms with E-state index in [2.05, 4.69) is 185 Å². The minimum Gasteiger partial charge on any atom is -0.455 e. The fourth-order valence-corrected chi connectivity index (χ4v) is 8.75. The molecular weight excluding hydrogens is 697 g/mol. The summed E-state index contributed by atoms with van der Waals surface area (Å²) in [5.74, 6) is 0.670. The highest BCUT2D eigenvalue weighted by atomic mass is 16.3. The van der Waals surface area contributed by atoms with Gasteiger partial charge < -0.3 is 13.6 Å². The highest BCUT2D eigenvalue weighted by molar-refractivity contribution is 6.26. The van der Waals surface area contributed by atoms with Crippen molar-refractivity contribution in [2.45, 2.75) is 0 Å². The smallest absolute Gasteiger partial charge is 0.160 e. The molecule has 4 heterocycles. The van der Waals surface area contributed by atoms with Crippen LogP contribution in [0.1, 0.15) is 0 Å². The number of hydrogen-bond acceptors (Lipinski definition) is 3. The van der Waals surface area contributed by atoms with Crippen molar-refractivity contribution >= 4 is 65.6 Å². The van der Waals surface area contributed by atoms with Gasteiger partial charge in [0, 0.05) is 55.0 Å². The fraction of sp³-hybridized carbons (Fsp3) is 0. The summed E-state index contributed by atoms with van der Waals surface area (Å²) in [6.07, 6.45) is 0. The zero-order valence-electron chi connectivity index (χ0n) is 30.7. The van der Waals surface area contributed by atoms with E-state index in [4.69, 9.17) is 14.4 Å². The zero-order chi connectivity index (χ0) is 37.5. The molecular formula is C52H32N4O. The van der Waals surface area contributed by atoms with Gasteiger partial charge in [0.05, 0.1) is 38.8 Å². The Morgan fingerprint density at radius 1 is 0.351 bits per heavy atom. The SMILES string of the molecule is c1ccc(-c2cc(-c3ccccc3)nc(-c3cccc(-n4c5cc6c(cc5c5c7oc8ccccc8c7ccc54)c4ccccc4n6-c4ccccc4)c3)n2)cc1. The first-order valence-electron chi connectivity index (χ1n) is 19.2. The Balaban J connectivity index is 1.16. The Morgan fingerprint density at radius 2 is 0.947 bits per heavy atom. The van der Waals surface area contributed by atoms with Crippen molar-refractivity contribution in [2.75, 3.05) is 0 Å². The van der Waals surface area contributed by atoms with Gasteiger partial charge in [-0.25, -0.2) is 9.97 Å². The fourth-order valence-electron chi connectivity index (χ4n) is 8.75. The predicted octanol–water partition coefficient (Wildman–Crippen LogP) is 13.6. The summed E-state index contributed by atoms with van der Waals surface area (Å²) < 4.78 is 11.5. The molecule has 5 nitrogen and oxygen atoms in total. The van der Waals surface area contributed by atoms with Gasteiger partial charge in [-0.05, 0) is 66.7 Å². The van der Waals surface area contributed by atoms with Crippen LogP contribution in [0.2, 0.25) is 0 Å². The van der Waals surface area contributed by atoms with Crippen LogP contribution in [-0.2, 0) is 0 Å². The Kier molecular flexibility index (Phi) is 6.86. The van der Waals surface area contributed by atoms with Crippen molar-refractivity contribution in [1.29, 1.82) is 0 Å². The van der Waals surface area contributed by atoms with Crippen LogP contribution >= 0.6 is 0 Å². The Bertz CT molecular complexity index is 3450. The Hall–Kier alpha value is -7.76. The van der Waals surface area contributed by atoms with Gasteiger partial charge in [-0.2, -0.15) is 0 Å². The first kappa shape index (κ1) is 31.6. The molecule has 0 spiro atoms. The van der Waals surface area contributed by atoms with E-state index in [1.165, 1.54) is 16.3 Å². The summed E-state index contributed by atoms with van der Waals surface area (Å²) in [5.41, 5.74) is 13.2. The number of rotatable bonds is 5. The van der Waals surface area contributed by atoms with E-state index in [1.54, 1.807) is 0 Å². The van der Waals surface area contributed by atoms with Crippen LogP contribution < -0.4 is 0 Å². The molecule has 57 heavy (non-hydrogen) atoms. The number of aromatic nitrogens is 4. The van der Waals surface area contributed by atoms with E-state index in [-0.39, 0.29) is 0 Å².